The fourth-order valence-corrected chi connectivity index (χ4v) is 2.28. The van der Waals surface area contributed by atoms with Crippen LogP contribution in [0.4, 0.5) is 0 Å². The molecular weight excluding hydrogens is 284 g/mol. The maximum absolute atomic E-state index is 12.3. The summed E-state index contributed by atoms with van der Waals surface area (Å²) in [6.07, 6.45) is 2.04. The number of aromatic nitrogens is 1. The predicted molar refractivity (Wildman–Crippen MR) is 76.8 cm³/mol. The summed E-state index contributed by atoms with van der Waals surface area (Å²) in [5.41, 5.74) is -0.148. The smallest absolute Gasteiger partial charge is 0.192 e. The number of sulfone groups is 1. The molecular formula is C12H20N2O3S2. The van der Waals surface area contributed by atoms with Crippen molar-refractivity contribution in [2.24, 2.45) is 0 Å². The fourth-order valence-electron chi connectivity index (χ4n) is 1.07. The minimum atomic E-state index is -3.67. The van der Waals surface area contributed by atoms with Crippen LogP contribution in [0.15, 0.2) is 23.4 Å². The van der Waals surface area contributed by atoms with Crippen molar-refractivity contribution in [3.8, 4) is 0 Å². The van der Waals surface area contributed by atoms with E-state index in [0.29, 0.717) is 0 Å². The molecule has 0 aliphatic carbocycles. The third kappa shape index (κ3) is 4.76. The van der Waals surface area contributed by atoms with Gasteiger partial charge in [-0.2, -0.15) is 0 Å². The monoisotopic (exact) mass is 308 g/mol. The van der Waals surface area contributed by atoms with E-state index >= 15 is 0 Å². The summed E-state index contributed by atoms with van der Waals surface area (Å²) in [5, 5.41) is -0.348. The number of hydrogen-bond acceptors (Lipinski definition) is 5. The van der Waals surface area contributed by atoms with Gasteiger partial charge in [-0.1, -0.05) is 0 Å². The summed E-state index contributed by atoms with van der Waals surface area (Å²) >= 11 is -1.85. The molecule has 19 heavy (non-hydrogen) atoms. The highest BCUT2D eigenvalue weighted by Crippen LogP contribution is 2.20. The van der Waals surface area contributed by atoms with Crippen molar-refractivity contribution < 1.29 is 18.5 Å². The summed E-state index contributed by atoms with van der Waals surface area (Å²) in [4.78, 5) is 3.68. The van der Waals surface area contributed by atoms with Crippen molar-refractivity contribution in [1.82, 2.24) is 9.71 Å². The number of rotatable bonds is 4. The van der Waals surface area contributed by atoms with E-state index in [9.17, 15) is 13.0 Å². The third-order valence-electron chi connectivity index (χ3n) is 2.15. The van der Waals surface area contributed by atoms with Crippen LogP contribution in [0.3, 0.4) is 0 Å². The molecule has 0 radical (unpaired) electrons. The highest BCUT2D eigenvalue weighted by atomic mass is 32.2. The maximum Gasteiger partial charge on any atom is 0.192 e. The molecule has 1 heterocycles. The lowest BCUT2D eigenvalue weighted by Crippen LogP contribution is -2.40. The van der Waals surface area contributed by atoms with Crippen LogP contribution in [0, 0.1) is 0 Å². The van der Waals surface area contributed by atoms with Gasteiger partial charge in [-0.25, -0.2) is 13.4 Å². The van der Waals surface area contributed by atoms with E-state index < -0.39 is 38.8 Å². The molecule has 1 aromatic heterocycles. The zero-order chi connectivity index (χ0) is 18.3. The number of pyridine rings is 1. The van der Waals surface area contributed by atoms with Crippen molar-refractivity contribution in [1.29, 1.82) is 0 Å². The van der Waals surface area contributed by atoms with E-state index in [2.05, 4.69) is 9.71 Å². The van der Waals surface area contributed by atoms with Crippen molar-refractivity contribution >= 4 is 21.2 Å². The Morgan fingerprint density at radius 2 is 2.21 bits per heavy atom. The first-order valence-corrected chi connectivity index (χ1v) is 8.49. The van der Waals surface area contributed by atoms with E-state index in [0.717, 1.165) is 18.5 Å². The molecule has 1 rings (SSSR count). The van der Waals surface area contributed by atoms with Gasteiger partial charge in [0.15, 0.2) is 14.9 Å². The molecule has 0 saturated carbocycles. The van der Waals surface area contributed by atoms with Gasteiger partial charge in [-0.05, 0) is 45.3 Å². The average molecular weight is 308 g/mol. The molecule has 108 valence electrons. The highest BCUT2D eigenvalue weighted by molar-refractivity contribution is 7.91. The Hall–Kier alpha value is -0.630. The normalized spacial score (nSPS) is 21.5. The van der Waals surface area contributed by atoms with E-state index in [1.54, 1.807) is 20.8 Å². The van der Waals surface area contributed by atoms with Crippen molar-refractivity contribution in [3.05, 3.63) is 23.9 Å². The Kier molecular flexibility index (Phi) is 3.37. The first-order valence-electron chi connectivity index (χ1n) is 7.45. The summed E-state index contributed by atoms with van der Waals surface area (Å²) in [6.45, 7) is 2.00. The van der Waals surface area contributed by atoms with Gasteiger partial charge in [0.2, 0.25) is 0 Å². The van der Waals surface area contributed by atoms with Gasteiger partial charge in [0, 0.05) is 27.9 Å². The highest BCUT2D eigenvalue weighted by Gasteiger charge is 2.28. The van der Waals surface area contributed by atoms with Gasteiger partial charge >= 0.3 is 0 Å². The zero-order valence-corrected chi connectivity index (χ0v) is 12.9. The molecule has 0 bridgehead atoms. The van der Waals surface area contributed by atoms with Crippen molar-refractivity contribution in [3.63, 3.8) is 0 Å². The lowest BCUT2D eigenvalue weighted by Gasteiger charge is -2.26. The van der Waals surface area contributed by atoms with Gasteiger partial charge in [-0.15, -0.1) is 4.72 Å². The van der Waals surface area contributed by atoms with Crippen LogP contribution in [0.25, 0.3) is 0 Å². The van der Waals surface area contributed by atoms with Crippen LogP contribution in [0.1, 0.15) is 44.7 Å². The average Bonchev–Trinajstić information content (AvgIpc) is 2.35. The molecule has 5 nitrogen and oxygen atoms in total. The quantitative estimate of drug-likeness (QED) is 0.854. The SMILES string of the molecule is [2H]C([2H])([2H])[C@]([2H])(N[S+]([O-])C(C)(C)C)c1ccnc(S(C)(=O)=O)c1. The Bertz CT molecular complexity index is 674. The lowest BCUT2D eigenvalue weighted by molar-refractivity contribution is 0.531. The predicted octanol–water partition coefficient (Wildman–Crippen LogP) is 1.60. The van der Waals surface area contributed by atoms with Crippen LogP contribution in [-0.4, -0.2) is 29.0 Å². The van der Waals surface area contributed by atoms with Crippen LogP contribution in [0.2, 0.25) is 0 Å². The minimum absolute atomic E-state index is 0.148. The van der Waals surface area contributed by atoms with Crippen molar-refractivity contribution in [2.45, 2.75) is 43.4 Å². The molecule has 2 atom stereocenters. The molecule has 1 unspecified atom stereocenters. The molecule has 0 aliphatic rings. The molecule has 7 heteroatoms. The van der Waals surface area contributed by atoms with Crippen LogP contribution in [0.5, 0.6) is 0 Å². The first-order chi connectivity index (χ1) is 10.1. The first kappa shape index (κ1) is 11.1. The van der Waals surface area contributed by atoms with E-state index in [-0.39, 0.29) is 10.6 Å². The topological polar surface area (TPSA) is 82.1 Å². The van der Waals surface area contributed by atoms with Crippen LogP contribution >= 0.6 is 0 Å². The maximum atomic E-state index is 12.3. The summed E-state index contributed by atoms with van der Waals surface area (Å²) in [7, 11) is -3.67. The van der Waals surface area contributed by atoms with E-state index in [1.807, 2.05) is 0 Å². The second-order valence-corrected chi connectivity index (χ2v) is 8.94. The van der Waals surface area contributed by atoms with Gasteiger partial charge in [0.1, 0.15) is 4.75 Å². The van der Waals surface area contributed by atoms with Gasteiger partial charge in [-0.3, -0.25) is 0 Å². The number of hydrogen-bond donors (Lipinski definition) is 1. The second-order valence-electron chi connectivity index (χ2n) is 5.01. The summed E-state index contributed by atoms with van der Waals surface area (Å²) < 4.78 is 68.2. The van der Waals surface area contributed by atoms with Crippen LogP contribution < -0.4 is 4.72 Å². The molecule has 0 aromatic carbocycles. The largest absolute Gasteiger partial charge is 0.598 e. The number of nitrogens with zero attached hydrogens (tertiary/aromatic N) is 1. The molecule has 0 saturated heterocycles. The Labute approximate surface area is 123 Å². The zero-order valence-electron chi connectivity index (χ0n) is 15.2. The summed E-state index contributed by atoms with van der Waals surface area (Å²) in [6, 6.07) is -0.198. The summed E-state index contributed by atoms with van der Waals surface area (Å²) in [5.74, 6) is 0. The lowest BCUT2D eigenvalue weighted by atomic mass is 10.1. The fraction of sp³-hybridized carbons (Fsp3) is 0.583. The van der Waals surface area contributed by atoms with Crippen molar-refractivity contribution in [2.75, 3.05) is 6.26 Å². The molecule has 1 aromatic rings. The van der Waals surface area contributed by atoms with Gasteiger partial charge in [0.25, 0.3) is 0 Å². The Morgan fingerprint density at radius 1 is 1.58 bits per heavy atom. The minimum Gasteiger partial charge on any atom is -0.598 e. The van der Waals surface area contributed by atoms with Crippen LogP contribution in [-0.2, 0) is 21.2 Å². The molecule has 0 amide bonds. The second kappa shape index (κ2) is 5.78. The standard InChI is InChI=1S/C12H20N2O3S2/c1-9(14-18(15)12(2,3)4)10-6-7-13-11(8-10)19(5,16)17/h6-9,14H,1-5H3/t9-,18?/m0/s1/i1D3,9D. The third-order valence-corrected chi connectivity index (χ3v) is 4.64. The van der Waals surface area contributed by atoms with Gasteiger partial charge < -0.3 is 4.55 Å². The molecule has 0 aliphatic heterocycles. The Balaban J connectivity index is 3.44. The Morgan fingerprint density at radius 3 is 2.68 bits per heavy atom. The van der Waals surface area contributed by atoms with E-state index in [1.165, 1.54) is 6.07 Å². The van der Waals surface area contributed by atoms with E-state index in [4.69, 9.17) is 5.48 Å². The molecule has 0 fully saturated rings. The van der Waals surface area contributed by atoms with Gasteiger partial charge in [0.05, 0.1) is 7.39 Å². The molecule has 1 N–H and O–H groups in total. The molecule has 0 spiro atoms. The number of nitrogens with one attached hydrogen (secondary N) is 1.